The highest BCUT2D eigenvalue weighted by Crippen LogP contribution is 2.10. The first-order valence-electron chi connectivity index (χ1n) is 7.65. The van der Waals surface area contributed by atoms with Crippen molar-refractivity contribution in [1.29, 1.82) is 0 Å². The van der Waals surface area contributed by atoms with E-state index < -0.39 is 0 Å². The topological polar surface area (TPSA) is 67.1 Å². The van der Waals surface area contributed by atoms with Crippen molar-refractivity contribution in [1.82, 2.24) is 25.4 Å². The molecule has 0 saturated heterocycles. The van der Waals surface area contributed by atoms with E-state index in [4.69, 9.17) is 0 Å². The number of thiazole rings is 1. The van der Waals surface area contributed by atoms with Crippen LogP contribution in [0.2, 0.25) is 0 Å². The first-order valence-corrected chi connectivity index (χ1v) is 8.53. The molecule has 0 spiro atoms. The molecule has 0 amide bonds. The zero-order chi connectivity index (χ0) is 15.8. The molecule has 0 radical (unpaired) electrons. The summed E-state index contributed by atoms with van der Waals surface area (Å²) in [5, 5.41) is 14.1. The van der Waals surface area contributed by atoms with E-state index in [1.807, 2.05) is 17.8 Å². The average Bonchev–Trinajstić information content (AvgIpc) is 3.13. The zero-order valence-electron chi connectivity index (χ0n) is 13.5. The maximum atomic E-state index is 4.59. The van der Waals surface area contributed by atoms with Crippen LogP contribution in [-0.2, 0) is 26.4 Å². The van der Waals surface area contributed by atoms with Crippen molar-refractivity contribution in [2.24, 2.45) is 12.0 Å². The van der Waals surface area contributed by atoms with Gasteiger partial charge >= 0.3 is 0 Å². The van der Waals surface area contributed by atoms with Crippen LogP contribution in [0.25, 0.3) is 0 Å². The van der Waals surface area contributed by atoms with Crippen LogP contribution in [0, 0.1) is 0 Å². The van der Waals surface area contributed by atoms with Gasteiger partial charge in [-0.25, -0.2) is 9.98 Å². The highest BCUT2D eigenvalue weighted by molar-refractivity contribution is 7.09. The molecule has 0 atom stereocenters. The molecule has 2 rings (SSSR count). The monoisotopic (exact) mass is 320 g/mol. The molecule has 0 saturated carbocycles. The minimum atomic E-state index is 0.614. The van der Waals surface area contributed by atoms with Crippen LogP contribution in [0.15, 0.2) is 22.6 Å². The Bertz CT molecular complexity index is 601. The number of aromatic nitrogens is 3. The molecule has 0 aromatic carbocycles. The fraction of sp³-hybridized carbons (Fsp3) is 0.533. The lowest BCUT2D eigenvalue weighted by molar-refractivity contribution is 0.706. The summed E-state index contributed by atoms with van der Waals surface area (Å²) in [6, 6.07) is 1.98. The van der Waals surface area contributed by atoms with Crippen molar-refractivity contribution in [2.75, 3.05) is 13.1 Å². The lowest BCUT2D eigenvalue weighted by Gasteiger charge is -2.10. The molecule has 6 nitrogen and oxygen atoms in total. The highest BCUT2D eigenvalue weighted by atomic mass is 32.1. The maximum absolute atomic E-state index is 4.59. The van der Waals surface area contributed by atoms with Crippen LogP contribution in [0.1, 0.15) is 30.2 Å². The van der Waals surface area contributed by atoms with Gasteiger partial charge in [-0.3, -0.25) is 4.68 Å². The fourth-order valence-electron chi connectivity index (χ4n) is 1.99. The van der Waals surface area contributed by atoms with Crippen LogP contribution >= 0.6 is 11.3 Å². The van der Waals surface area contributed by atoms with E-state index in [1.54, 1.807) is 17.5 Å². The number of nitrogens with one attached hydrogen (secondary N) is 2. The van der Waals surface area contributed by atoms with Gasteiger partial charge in [-0.15, -0.1) is 11.3 Å². The Hall–Kier alpha value is -1.89. The lowest BCUT2D eigenvalue weighted by Crippen LogP contribution is -2.38. The number of nitrogens with zero attached hydrogens (tertiary/aromatic N) is 4. The molecule has 120 valence electrons. The Morgan fingerprint density at radius 1 is 1.36 bits per heavy atom. The number of guanidine groups is 1. The smallest absolute Gasteiger partial charge is 0.191 e. The van der Waals surface area contributed by atoms with Gasteiger partial charge in [0.25, 0.3) is 0 Å². The van der Waals surface area contributed by atoms with Gasteiger partial charge in [0, 0.05) is 38.1 Å². The molecule has 0 aliphatic carbocycles. The van der Waals surface area contributed by atoms with E-state index in [1.165, 1.54) is 5.01 Å². The van der Waals surface area contributed by atoms with Crippen LogP contribution in [0.4, 0.5) is 0 Å². The predicted molar refractivity (Wildman–Crippen MR) is 91.2 cm³/mol. The van der Waals surface area contributed by atoms with Gasteiger partial charge in [0.1, 0.15) is 0 Å². The SMILES string of the molecule is CCNC(=NCc1ccnn1C)NCCc1csc(CC)n1. The third-order valence-electron chi connectivity index (χ3n) is 3.24. The molecule has 0 unspecified atom stereocenters. The maximum Gasteiger partial charge on any atom is 0.191 e. The fourth-order valence-corrected chi connectivity index (χ4v) is 2.77. The lowest BCUT2D eigenvalue weighted by atomic mass is 10.3. The normalized spacial score (nSPS) is 11.7. The molecular weight excluding hydrogens is 296 g/mol. The molecule has 22 heavy (non-hydrogen) atoms. The molecular formula is C15H24N6S. The average molecular weight is 320 g/mol. The van der Waals surface area contributed by atoms with E-state index in [2.05, 4.69) is 44.9 Å². The molecule has 7 heteroatoms. The number of rotatable bonds is 7. The molecule has 2 aromatic heterocycles. The van der Waals surface area contributed by atoms with E-state index in [9.17, 15) is 0 Å². The third kappa shape index (κ3) is 4.84. The summed E-state index contributed by atoms with van der Waals surface area (Å²) in [6.45, 7) is 6.48. The second-order valence-electron chi connectivity index (χ2n) is 4.90. The Morgan fingerprint density at radius 3 is 2.86 bits per heavy atom. The van der Waals surface area contributed by atoms with Gasteiger partial charge in [-0.2, -0.15) is 5.10 Å². The Morgan fingerprint density at radius 2 is 2.23 bits per heavy atom. The van der Waals surface area contributed by atoms with Crippen LogP contribution < -0.4 is 10.6 Å². The van der Waals surface area contributed by atoms with E-state index in [-0.39, 0.29) is 0 Å². The van der Waals surface area contributed by atoms with Crippen molar-refractivity contribution in [3.05, 3.63) is 34.0 Å². The van der Waals surface area contributed by atoms with Crippen molar-refractivity contribution < 1.29 is 0 Å². The van der Waals surface area contributed by atoms with Crippen molar-refractivity contribution in [3.8, 4) is 0 Å². The van der Waals surface area contributed by atoms with Crippen LogP contribution in [0.5, 0.6) is 0 Å². The van der Waals surface area contributed by atoms with Gasteiger partial charge in [0.2, 0.25) is 0 Å². The van der Waals surface area contributed by atoms with E-state index in [0.717, 1.165) is 43.3 Å². The molecule has 0 aliphatic rings. The van der Waals surface area contributed by atoms with Gasteiger partial charge in [-0.05, 0) is 19.4 Å². The van der Waals surface area contributed by atoms with Crippen LogP contribution in [0.3, 0.4) is 0 Å². The highest BCUT2D eigenvalue weighted by Gasteiger charge is 2.02. The number of hydrogen-bond donors (Lipinski definition) is 2. The summed E-state index contributed by atoms with van der Waals surface area (Å²) < 4.78 is 1.84. The van der Waals surface area contributed by atoms with Gasteiger partial charge in [0.15, 0.2) is 5.96 Å². The molecule has 0 fully saturated rings. The first-order chi connectivity index (χ1) is 10.7. The largest absolute Gasteiger partial charge is 0.357 e. The van der Waals surface area contributed by atoms with Gasteiger partial charge in [-0.1, -0.05) is 6.92 Å². The minimum absolute atomic E-state index is 0.614. The number of aliphatic imine (C=N–C) groups is 1. The van der Waals surface area contributed by atoms with E-state index in [0.29, 0.717) is 6.54 Å². The Labute approximate surface area is 135 Å². The van der Waals surface area contributed by atoms with Crippen molar-refractivity contribution in [3.63, 3.8) is 0 Å². The summed E-state index contributed by atoms with van der Waals surface area (Å²) >= 11 is 1.73. The molecule has 2 heterocycles. The quantitative estimate of drug-likeness (QED) is 0.602. The zero-order valence-corrected chi connectivity index (χ0v) is 14.3. The first kappa shape index (κ1) is 16.5. The second-order valence-corrected chi connectivity index (χ2v) is 5.85. The minimum Gasteiger partial charge on any atom is -0.357 e. The summed E-state index contributed by atoms with van der Waals surface area (Å²) in [6.07, 6.45) is 3.71. The standard InChI is InChI=1S/C15H24N6S/c1-4-14-20-12(11-22-14)6-8-17-15(16-5-2)18-10-13-7-9-19-21(13)3/h7,9,11H,4-6,8,10H2,1-3H3,(H2,16,17,18). The third-order valence-corrected chi connectivity index (χ3v) is 4.28. The van der Waals surface area contributed by atoms with Crippen LogP contribution in [-0.4, -0.2) is 33.8 Å². The van der Waals surface area contributed by atoms with Crippen molar-refractivity contribution in [2.45, 2.75) is 33.2 Å². The molecule has 2 N–H and O–H groups in total. The van der Waals surface area contributed by atoms with Crippen molar-refractivity contribution >= 4 is 17.3 Å². The Kier molecular flexibility index (Phi) is 6.39. The summed E-state index contributed by atoms with van der Waals surface area (Å²) in [7, 11) is 1.93. The summed E-state index contributed by atoms with van der Waals surface area (Å²) in [5.41, 5.74) is 2.24. The molecule has 0 bridgehead atoms. The molecule has 2 aromatic rings. The number of hydrogen-bond acceptors (Lipinski definition) is 4. The summed E-state index contributed by atoms with van der Waals surface area (Å²) in [5.74, 6) is 0.828. The number of aryl methyl sites for hydroxylation is 2. The predicted octanol–water partition coefficient (Wildman–Crippen LogP) is 1.74. The summed E-state index contributed by atoms with van der Waals surface area (Å²) in [4.78, 5) is 9.16. The molecule has 0 aliphatic heterocycles. The van der Waals surface area contributed by atoms with Gasteiger partial charge < -0.3 is 10.6 Å². The Balaban J connectivity index is 1.84. The van der Waals surface area contributed by atoms with Gasteiger partial charge in [0.05, 0.1) is 22.9 Å². The van der Waals surface area contributed by atoms with E-state index >= 15 is 0 Å². The second kappa shape index (κ2) is 8.53.